The van der Waals surface area contributed by atoms with Gasteiger partial charge in [-0.3, -0.25) is 4.79 Å². The average Bonchev–Trinajstić information content (AvgIpc) is 2.87. The lowest BCUT2D eigenvalue weighted by Gasteiger charge is -2.40. The van der Waals surface area contributed by atoms with E-state index in [2.05, 4.69) is 19.2 Å². The van der Waals surface area contributed by atoms with Crippen LogP contribution in [0.2, 0.25) is 0 Å². The van der Waals surface area contributed by atoms with E-state index in [9.17, 15) is 30.3 Å². The number of carbonyl (C=O) groups is 1. The van der Waals surface area contributed by atoms with Crippen LogP contribution in [0.15, 0.2) is 0 Å². The van der Waals surface area contributed by atoms with Crippen molar-refractivity contribution in [1.29, 1.82) is 0 Å². The molecule has 1 amide bonds. The lowest BCUT2D eigenvalue weighted by atomic mass is 9.99. The second-order valence-corrected chi connectivity index (χ2v) is 10.2. The van der Waals surface area contributed by atoms with Gasteiger partial charge in [0.25, 0.3) is 0 Å². The van der Waals surface area contributed by atoms with Crippen LogP contribution in [0.3, 0.4) is 0 Å². The minimum atomic E-state index is -1.54. The molecular formula is C27H53NO8. The first-order valence-electron chi connectivity index (χ1n) is 14.2. The maximum Gasteiger partial charge on any atom is 0.220 e. The second kappa shape index (κ2) is 20.2. The van der Waals surface area contributed by atoms with Crippen LogP contribution >= 0.6 is 0 Å². The van der Waals surface area contributed by atoms with Crippen molar-refractivity contribution >= 4 is 5.91 Å². The molecule has 9 nitrogen and oxygen atoms in total. The van der Waals surface area contributed by atoms with Crippen LogP contribution in [0.25, 0.3) is 0 Å². The van der Waals surface area contributed by atoms with Crippen molar-refractivity contribution in [3.8, 4) is 0 Å². The van der Waals surface area contributed by atoms with Gasteiger partial charge in [0.2, 0.25) is 5.91 Å². The van der Waals surface area contributed by atoms with E-state index in [4.69, 9.17) is 9.47 Å². The van der Waals surface area contributed by atoms with Crippen molar-refractivity contribution < 1.29 is 39.8 Å². The zero-order valence-electron chi connectivity index (χ0n) is 22.5. The highest BCUT2D eigenvalue weighted by Gasteiger charge is 2.44. The lowest BCUT2D eigenvalue weighted by Crippen LogP contribution is -2.60. The smallest absolute Gasteiger partial charge is 0.220 e. The summed E-state index contributed by atoms with van der Waals surface area (Å²) in [6.45, 7) is 3.59. The van der Waals surface area contributed by atoms with Crippen molar-refractivity contribution in [3.05, 3.63) is 0 Å². The Balaban J connectivity index is 2.51. The third-order valence-corrected chi connectivity index (χ3v) is 6.96. The highest BCUT2D eigenvalue weighted by Crippen LogP contribution is 2.22. The maximum atomic E-state index is 12.4. The summed E-state index contributed by atoms with van der Waals surface area (Å²) in [5.74, 6) is -0.173. The fourth-order valence-electron chi connectivity index (χ4n) is 4.51. The fraction of sp³-hybridized carbons (Fsp3) is 0.963. The normalized spacial score (nSPS) is 26.0. The Morgan fingerprint density at radius 1 is 0.833 bits per heavy atom. The standard InChI is InChI=1S/C27H53NO8/c1-3-5-7-8-9-10-11-12-13-15-16-21(30)20(28-23(31)17-14-6-4-2)19-35-27-26(34)25(33)24(32)22(18-29)36-27/h20-22,24-27,29-30,32-34H,3-19H2,1-2H3,(H,28,31). The van der Waals surface area contributed by atoms with Gasteiger partial charge in [-0.15, -0.1) is 0 Å². The number of aliphatic hydroxyl groups excluding tert-OH is 5. The number of carbonyl (C=O) groups excluding carboxylic acids is 1. The average molecular weight is 520 g/mol. The number of hydrogen-bond acceptors (Lipinski definition) is 8. The molecule has 9 heteroatoms. The Bertz CT molecular complexity index is 550. The third kappa shape index (κ3) is 13.1. The van der Waals surface area contributed by atoms with E-state index in [1.807, 2.05) is 0 Å². The van der Waals surface area contributed by atoms with E-state index < -0.39 is 49.5 Å². The molecule has 7 atom stereocenters. The molecule has 1 fully saturated rings. The highest BCUT2D eigenvalue weighted by atomic mass is 16.7. The molecule has 6 N–H and O–H groups in total. The molecule has 0 spiro atoms. The van der Waals surface area contributed by atoms with Crippen LogP contribution in [-0.4, -0.2) is 87.5 Å². The Morgan fingerprint density at radius 3 is 1.97 bits per heavy atom. The minimum Gasteiger partial charge on any atom is -0.394 e. The summed E-state index contributed by atoms with van der Waals surface area (Å²) in [5, 5.41) is 53.2. The molecule has 0 radical (unpaired) electrons. The Labute approximate surface area is 217 Å². The molecular weight excluding hydrogens is 466 g/mol. The number of aliphatic hydroxyl groups is 5. The first kappa shape index (κ1) is 33.2. The molecule has 0 aromatic heterocycles. The van der Waals surface area contributed by atoms with Crippen molar-refractivity contribution in [1.82, 2.24) is 5.32 Å². The summed E-state index contributed by atoms with van der Waals surface area (Å²) in [6, 6.07) is -0.704. The zero-order valence-corrected chi connectivity index (χ0v) is 22.5. The molecule has 1 saturated heterocycles. The number of hydrogen-bond donors (Lipinski definition) is 6. The van der Waals surface area contributed by atoms with Crippen LogP contribution < -0.4 is 5.32 Å². The molecule has 0 bridgehead atoms. The number of rotatable bonds is 21. The number of ether oxygens (including phenoxy) is 2. The summed E-state index contributed by atoms with van der Waals surface area (Å²) in [6.07, 6.45) is 7.70. The largest absolute Gasteiger partial charge is 0.394 e. The number of amides is 1. The summed E-state index contributed by atoms with van der Waals surface area (Å²) in [7, 11) is 0. The quantitative estimate of drug-likeness (QED) is 0.127. The Kier molecular flexibility index (Phi) is 18.6. The van der Waals surface area contributed by atoms with Gasteiger partial charge in [-0.1, -0.05) is 90.9 Å². The van der Waals surface area contributed by atoms with Gasteiger partial charge in [-0.05, 0) is 12.8 Å². The third-order valence-electron chi connectivity index (χ3n) is 6.96. The van der Waals surface area contributed by atoms with Crippen molar-refractivity contribution in [2.75, 3.05) is 13.2 Å². The Hall–Kier alpha value is -0.810. The van der Waals surface area contributed by atoms with Crippen LogP contribution in [-0.2, 0) is 14.3 Å². The molecule has 36 heavy (non-hydrogen) atoms. The van der Waals surface area contributed by atoms with Crippen molar-refractivity contribution in [3.63, 3.8) is 0 Å². The molecule has 0 aromatic rings. The van der Waals surface area contributed by atoms with Gasteiger partial charge < -0.3 is 40.3 Å². The predicted octanol–water partition coefficient (Wildman–Crippen LogP) is 2.54. The van der Waals surface area contributed by atoms with Crippen molar-refractivity contribution in [2.45, 2.75) is 153 Å². The SMILES string of the molecule is CCCCCCCCCCCCC(O)C(COC1OC(CO)C(O)C(O)C1O)NC(=O)CCCCC. The van der Waals surface area contributed by atoms with E-state index in [0.717, 1.165) is 38.5 Å². The fourth-order valence-corrected chi connectivity index (χ4v) is 4.51. The van der Waals surface area contributed by atoms with Gasteiger partial charge in [0.05, 0.1) is 25.4 Å². The Morgan fingerprint density at radius 2 is 1.39 bits per heavy atom. The van der Waals surface area contributed by atoms with Gasteiger partial charge in [-0.25, -0.2) is 0 Å². The highest BCUT2D eigenvalue weighted by molar-refractivity contribution is 5.76. The van der Waals surface area contributed by atoms with Gasteiger partial charge in [0.1, 0.15) is 24.4 Å². The van der Waals surface area contributed by atoms with Crippen LogP contribution in [0.1, 0.15) is 110 Å². The summed E-state index contributed by atoms with van der Waals surface area (Å²) >= 11 is 0. The van der Waals surface area contributed by atoms with Gasteiger partial charge in [-0.2, -0.15) is 0 Å². The minimum absolute atomic E-state index is 0.138. The molecule has 7 unspecified atom stereocenters. The zero-order chi connectivity index (χ0) is 26.8. The molecule has 214 valence electrons. The lowest BCUT2D eigenvalue weighted by molar-refractivity contribution is -0.302. The summed E-state index contributed by atoms with van der Waals surface area (Å²) < 4.78 is 11.0. The molecule has 1 rings (SSSR count). The van der Waals surface area contributed by atoms with E-state index >= 15 is 0 Å². The van der Waals surface area contributed by atoms with Crippen LogP contribution in [0.5, 0.6) is 0 Å². The van der Waals surface area contributed by atoms with Gasteiger partial charge in [0, 0.05) is 6.42 Å². The molecule has 1 aliphatic rings. The molecule has 0 aliphatic carbocycles. The number of nitrogens with one attached hydrogen (secondary N) is 1. The van der Waals surface area contributed by atoms with Gasteiger partial charge in [0.15, 0.2) is 6.29 Å². The summed E-state index contributed by atoms with van der Waals surface area (Å²) in [5.41, 5.74) is 0. The maximum absolute atomic E-state index is 12.4. The van der Waals surface area contributed by atoms with E-state index in [0.29, 0.717) is 12.8 Å². The van der Waals surface area contributed by atoms with Gasteiger partial charge >= 0.3 is 0 Å². The first-order valence-corrected chi connectivity index (χ1v) is 14.2. The second-order valence-electron chi connectivity index (χ2n) is 10.2. The van der Waals surface area contributed by atoms with E-state index in [-0.39, 0.29) is 12.5 Å². The van der Waals surface area contributed by atoms with E-state index in [1.165, 1.54) is 44.9 Å². The van der Waals surface area contributed by atoms with E-state index in [1.54, 1.807) is 0 Å². The number of unbranched alkanes of at least 4 members (excludes halogenated alkanes) is 11. The molecule has 1 aliphatic heterocycles. The topological polar surface area (TPSA) is 149 Å². The molecule has 0 saturated carbocycles. The predicted molar refractivity (Wildman–Crippen MR) is 138 cm³/mol. The van der Waals surface area contributed by atoms with Crippen LogP contribution in [0, 0.1) is 0 Å². The van der Waals surface area contributed by atoms with Crippen LogP contribution in [0.4, 0.5) is 0 Å². The first-order chi connectivity index (χ1) is 17.3. The van der Waals surface area contributed by atoms with Crippen molar-refractivity contribution in [2.24, 2.45) is 0 Å². The monoisotopic (exact) mass is 519 g/mol. The summed E-state index contributed by atoms with van der Waals surface area (Å²) in [4.78, 5) is 12.4. The molecule has 1 heterocycles. The molecule has 0 aromatic carbocycles.